The van der Waals surface area contributed by atoms with E-state index in [4.69, 9.17) is 20.3 Å². The number of piperidine rings is 1. The summed E-state index contributed by atoms with van der Waals surface area (Å²) in [5, 5.41) is 11.6. The number of amides is 2. The van der Waals surface area contributed by atoms with E-state index in [1.165, 1.54) is 6.20 Å². The first kappa shape index (κ1) is 25.1. The van der Waals surface area contributed by atoms with Crippen LogP contribution in [0.15, 0.2) is 42.6 Å². The molecule has 2 aromatic rings. The largest absolute Gasteiger partial charge is 0.497 e. The molecule has 2 amide bonds. The SMILES string of the molecule is COc1ccc(CC(NC(=O)c2ccc(CN)cn2)C(=O)N2CCC(OCC(=O)O)CC2)cc1. The Morgan fingerprint density at radius 2 is 1.82 bits per heavy atom. The number of carbonyl (C=O) groups is 3. The maximum absolute atomic E-state index is 13.4. The van der Waals surface area contributed by atoms with E-state index in [0.29, 0.717) is 44.6 Å². The number of carbonyl (C=O) groups excluding carboxylic acids is 2. The number of nitrogens with zero attached hydrogens (tertiary/aromatic N) is 2. The molecular weight excluding hydrogens is 440 g/mol. The van der Waals surface area contributed by atoms with Gasteiger partial charge in [-0.15, -0.1) is 0 Å². The summed E-state index contributed by atoms with van der Waals surface area (Å²) in [5.41, 5.74) is 7.46. The first-order chi connectivity index (χ1) is 16.4. The van der Waals surface area contributed by atoms with Crippen LogP contribution in [0.5, 0.6) is 5.75 Å². The number of carboxylic acid groups (broad SMARTS) is 1. The predicted molar refractivity (Wildman–Crippen MR) is 123 cm³/mol. The number of aliphatic carboxylic acids is 1. The molecule has 0 bridgehead atoms. The summed E-state index contributed by atoms with van der Waals surface area (Å²) in [4.78, 5) is 42.8. The van der Waals surface area contributed by atoms with Gasteiger partial charge < -0.3 is 30.5 Å². The monoisotopic (exact) mass is 470 g/mol. The molecule has 2 heterocycles. The number of hydrogen-bond acceptors (Lipinski definition) is 7. The number of ether oxygens (including phenoxy) is 2. The van der Waals surface area contributed by atoms with E-state index in [-0.39, 0.29) is 24.3 Å². The third kappa shape index (κ3) is 7.00. The maximum Gasteiger partial charge on any atom is 0.329 e. The minimum atomic E-state index is -1.02. The molecule has 1 aliphatic heterocycles. The zero-order valence-electron chi connectivity index (χ0n) is 19.1. The molecule has 1 aromatic carbocycles. The van der Waals surface area contributed by atoms with Crippen molar-refractivity contribution >= 4 is 17.8 Å². The second kappa shape index (κ2) is 12.1. The molecule has 10 heteroatoms. The van der Waals surface area contributed by atoms with E-state index in [2.05, 4.69) is 10.3 Å². The van der Waals surface area contributed by atoms with Crippen LogP contribution in [0.2, 0.25) is 0 Å². The van der Waals surface area contributed by atoms with Gasteiger partial charge in [0.05, 0.1) is 13.2 Å². The Hall–Kier alpha value is -3.50. The first-order valence-corrected chi connectivity index (χ1v) is 11.1. The first-order valence-electron chi connectivity index (χ1n) is 11.1. The van der Waals surface area contributed by atoms with Crippen molar-refractivity contribution in [3.63, 3.8) is 0 Å². The summed E-state index contributed by atoms with van der Waals surface area (Å²) in [6.45, 7) is 0.799. The van der Waals surface area contributed by atoms with Crippen LogP contribution >= 0.6 is 0 Å². The van der Waals surface area contributed by atoms with Crippen molar-refractivity contribution in [2.45, 2.75) is 38.0 Å². The Kier molecular flexibility index (Phi) is 8.94. The summed E-state index contributed by atoms with van der Waals surface area (Å²) in [7, 11) is 1.58. The van der Waals surface area contributed by atoms with Gasteiger partial charge in [-0.1, -0.05) is 18.2 Å². The molecule has 4 N–H and O–H groups in total. The van der Waals surface area contributed by atoms with Crippen molar-refractivity contribution in [3.05, 3.63) is 59.4 Å². The van der Waals surface area contributed by atoms with Crippen molar-refractivity contribution in [3.8, 4) is 5.75 Å². The Balaban J connectivity index is 1.70. The fourth-order valence-electron chi connectivity index (χ4n) is 3.76. The maximum atomic E-state index is 13.4. The molecule has 1 fully saturated rings. The lowest BCUT2D eigenvalue weighted by atomic mass is 10.0. The number of nitrogens with one attached hydrogen (secondary N) is 1. The van der Waals surface area contributed by atoms with Gasteiger partial charge in [0, 0.05) is 32.3 Å². The molecule has 1 saturated heterocycles. The molecular formula is C24H30N4O6. The number of likely N-dealkylation sites (tertiary alicyclic amines) is 1. The van der Waals surface area contributed by atoms with Gasteiger partial charge >= 0.3 is 5.97 Å². The van der Waals surface area contributed by atoms with Crippen LogP contribution in [-0.4, -0.2) is 71.7 Å². The van der Waals surface area contributed by atoms with E-state index in [1.54, 1.807) is 36.3 Å². The predicted octanol–water partition coefficient (Wildman–Crippen LogP) is 0.982. The zero-order chi connectivity index (χ0) is 24.5. The van der Waals surface area contributed by atoms with Gasteiger partial charge in [0.2, 0.25) is 5.91 Å². The summed E-state index contributed by atoms with van der Waals surface area (Å²) in [6, 6.07) is 9.82. The fraction of sp³-hybridized carbons (Fsp3) is 0.417. The zero-order valence-corrected chi connectivity index (χ0v) is 19.1. The number of aromatic nitrogens is 1. The van der Waals surface area contributed by atoms with Gasteiger partial charge in [0.1, 0.15) is 24.1 Å². The number of rotatable bonds is 10. The number of carboxylic acids is 1. The molecule has 1 unspecified atom stereocenters. The van der Waals surface area contributed by atoms with Crippen molar-refractivity contribution in [2.75, 3.05) is 26.8 Å². The molecule has 34 heavy (non-hydrogen) atoms. The lowest BCUT2D eigenvalue weighted by molar-refractivity contribution is -0.147. The summed E-state index contributed by atoms with van der Waals surface area (Å²) < 4.78 is 10.5. The van der Waals surface area contributed by atoms with Crippen LogP contribution in [0, 0.1) is 0 Å². The van der Waals surface area contributed by atoms with E-state index in [1.807, 2.05) is 12.1 Å². The Morgan fingerprint density at radius 3 is 2.38 bits per heavy atom. The number of pyridine rings is 1. The smallest absolute Gasteiger partial charge is 0.329 e. The van der Waals surface area contributed by atoms with E-state index in [9.17, 15) is 14.4 Å². The van der Waals surface area contributed by atoms with Crippen molar-refractivity contribution in [1.82, 2.24) is 15.2 Å². The molecule has 0 aliphatic carbocycles. The highest BCUT2D eigenvalue weighted by molar-refractivity contribution is 5.96. The van der Waals surface area contributed by atoms with Crippen LogP contribution in [0.4, 0.5) is 0 Å². The minimum absolute atomic E-state index is 0.200. The van der Waals surface area contributed by atoms with E-state index >= 15 is 0 Å². The third-order valence-electron chi connectivity index (χ3n) is 5.69. The Labute approximate surface area is 198 Å². The van der Waals surface area contributed by atoms with Crippen LogP contribution in [0.3, 0.4) is 0 Å². The summed E-state index contributed by atoms with van der Waals surface area (Å²) >= 11 is 0. The quantitative estimate of drug-likeness (QED) is 0.466. The molecule has 0 spiro atoms. The lowest BCUT2D eigenvalue weighted by Crippen LogP contribution is -2.52. The summed E-state index contributed by atoms with van der Waals surface area (Å²) in [6.07, 6.45) is 2.69. The topological polar surface area (TPSA) is 144 Å². The molecule has 182 valence electrons. The van der Waals surface area contributed by atoms with Gasteiger partial charge in [-0.25, -0.2) is 4.79 Å². The molecule has 1 aliphatic rings. The highest BCUT2D eigenvalue weighted by atomic mass is 16.5. The third-order valence-corrected chi connectivity index (χ3v) is 5.69. The lowest BCUT2D eigenvalue weighted by Gasteiger charge is -2.34. The Morgan fingerprint density at radius 1 is 1.15 bits per heavy atom. The number of methoxy groups -OCH3 is 1. The van der Waals surface area contributed by atoms with Gasteiger partial charge in [0.25, 0.3) is 5.91 Å². The highest BCUT2D eigenvalue weighted by Crippen LogP contribution is 2.18. The Bertz CT molecular complexity index is 972. The number of benzene rings is 1. The molecule has 1 aromatic heterocycles. The van der Waals surface area contributed by atoms with Gasteiger partial charge in [-0.05, 0) is 42.2 Å². The average molecular weight is 471 g/mol. The molecule has 3 rings (SSSR count). The van der Waals surface area contributed by atoms with Crippen LogP contribution in [-0.2, 0) is 27.3 Å². The van der Waals surface area contributed by atoms with E-state index < -0.39 is 17.9 Å². The average Bonchev–Trinajstić information content (AvgIpc) is 2.87. The second-order valence-electron chi connectivity index (χ2n) is 8.06. The van der Waals surface area contributed by atoms with Crippen molar-refractivity contribution in [1.29, 1.82) is 0 Å². The standard InChI is InChI=1S/C24H30N4O6/c1-33-18-5-2-16(3-6-18)12-21(27-23(31)20-7-4-17(13-25)14-26-20)24(32)28-10-8-19(9-11-28)34-15-22(29)30/h2-7,14,19,21H,8-13,15,25H2,1H3,(H,27,31)(H,29,30). The van der Waals surface area contributed by atoms with Crippen LogP contribution < -0.4 is 15.8 Å². The molecule has 1 atom stereocenters. The second-order valence-corrected chi connectivity index (χ2v) is 8.06. The minimum Gasteiger partial charge on any atom is -0.497 e. The highest BCUT2D eigenvalue weighted by Gasteiger charge is 2.30. The van der Waals surface area contributed by atoms with Crippen molar-refractivity contribution < 1.29 is 29.0 Å². The molecule has 0 radical (unpaired) electrons. The van der Waals surface area contributed by atoms with Gasteiger partial charge in [-0.3, -0.25) is 14.6 Å². The van der Waals surface area contributed by atoms with Crippen LogP contribution in [0.1, 0.15) is 34.5 Å². The molecule has 0 saturated carbocycles. The van der Waals surface area contributed by atoms with Gasteiger partial charge in [-0.2, -0.15) is 0 Å². The van der Waals surface area contributed by atoms with Crippen LogP contribution in [0.25, 0.3) is 0 Å². The molecule has 10 nitrogen and oxygen atoms in total. The van der Waals surface area contributed by atoms with E-state index in [0.717, 1.165) is 11.1 Å². The van der Waals surface area contributed by atoms with Gasteiger partial charge in [0.15, 0.2) is 0 Å². The fourth-order valence-corrected chi connectivity index (χ4v) is 3.76. The van der Waals surface area contributed by atoms with Crippen molar-refractivity contribution in [2.24, 2.45) is 5.73 Å². The normalized spacial score (nSPS) is 14.9. The summed E-state index contributed by atoms with van der Waals surface area (Å²) in [5.74, 6) is -0.980. The number of hydrogen-bond donors (Lipinski definition) is 3. The number of nitrogens with two attached hydrogens (primary N) is 1.